The van der Waals surface area contributed by atoms with Crippen molar-refractivity contribution in [1.82, 2.24) is 14.7 Å². The number of rotatable bonds is 10. The lowest BCUT2D eigenvalue weighted by Gasteiger charge is -2.23. The normalized spacial score (nSPS) is 12.3. The molecule has 1 heterocycles. The molecule has 0 aliphatic carbocycles. The second-order valence-corrected chi connectivity index (χ2v) is 7.45. The van der Waals surface area contributed by atoms with E-state index in [1.165, 1.54) is 6.07 Å². The molecule has 0 spiro atoms. The molecule has 0 aliphatic rings. The third-order valence-corrected chi connectivity index (χ3v) is 4.84. The first-order valence-electron chi connectivity index (χ1n) is 10.5. The van der Waals surface area contributed by atoms with Crippen molar-refractivity contribution in [3.63, 3.8) is 0 Å². The molecular weight excluding hydrogens is 381 g/mol. The standard InChI is InChI=1S/C24H30FN3O2/c1-4-15-27(16-18(3)29)17-20-22(5-2)26-28(19-11-7-6-8-12-19)24(20)30-23-14-10-9-13-21(23)25/h6-14,18,29H,4-5,15-17H2,1-3H3. The molecule has 1 aromatic heterocycles. The lowest BCUT2D eigenvalue weighted by atomic mass is 10.1. The number of aryl methyl sites for hydroxylation is 1. The Kier molecular flexibility index (Phi) is 7.60. The van der Waals surface area contributed by atoms with E-state index in [2.05, 4.69) is 11.8 Å². The Bertz CT molecular complexity index is 941. The van der Waals surface area contributed by atoms with Gasteiger partial charge in [0, 0.05) is 13.1 Å². The Hall–Kier alpha value is -2.70. The summed E-state index contributed by atoms with van der Waals surface area (Å²) >= 11 is 0. The van der Waals surface area contributed by atoms with Gasteiger partial charge in [-0.15, -0.1) is 0 Å². The van der Waals surface area contributed by atoms with Crippen molar-refractivity contribution in [3.8, 4) is 17.3 Å². The summed E-state index contributed by atoms with van der Waals surface area (Å²) in [5, 5.41) is 14.7. The van der Waals surface area contributed by atoms with E-state index in [1.54, 1.807) is 29.8 Å². The number of benzene rings is 2. The predicted octanol–water partition coefficient (Wildman–Crippen LogP) is 4.96. The quantitative estimate of drug-likeness (QED) is 0.512. The van der Waals surface area contributed by atoms with Crippen LogP contribution in [0.25, 0.3) is 5.69 Å². The number of para-hydroxylation sites is 2. The Morgan fingerprint density at radius 3 is 2.43 bits per heavy atom. The predicted molar refractivity (Wildman–Crippen MR) is 117 cm³/mol. The molecule has 0 saturated heterocycles. The van der Waals surface area contributed by atoms with Gasteiger partial charge in [0.05, 0.1) is 23.0 Å². The van der Waals surface area contributed by atoms with E-state index in [0.717, 1.165) is 36.3 Å². The van der Waals surface area contributed by atoms with Gasteiger partial charge in [-0.2, -0.15) is 5.10 Å². The van der Waals surface area contributed by atoms with Gasteiger partial charge < -0.3 is 9.84 Å². The zero-order valence-corrected chi connectivity index (χ0v) is 17.9. The van der Waals surface area contributed by atoms with Crippen molar-refractivity contribution in [2.75, 3.05) is 13.1 Å². The number of aliphatic hydroxyl groups is 1. The lowest BCUT2D eigenvalue weighted by molar-refractivity contribution is 0.121. The van der Waals surface area contributed by atoms with Crippen LogP contribution in [0, 0.1) is 5.82 Å². The van der Waals surface area contributed by atoms with Crippen molar-refractivity contribution in [3.05, 3.63) is 71.7 Å². The van der Waals surface area contributed by atoms with E-state index in [9.17, 15) is 9.50 Å². The summed E-state index contributed by atoms with van der Waals surface area (Å²) in [7, 11) is 0. The maximum atomic E-state index is 14.4. The number of ether oxygens (including phenoxy) is 1. The lowest BCUT2D eigenvalue weighted by Crippen LogP contribution is -2.31. The maximum absolute atomic E-state index is 14.4. The maximum Gasteiger partial charge on any atom is 0.227 e. The molecule has 30 heavy (non-hydrogen) atoms. The van der Waals surface area contributed by atoms with Gasteiger partial charge in [-0.05, 0) is 50.6 Å². The van der Waals surface area contributed by atoms with Gasteiger partial charge in [-0.25, -0.2) is 9.07 Å². The Morgan fingerprint density at radius 2 is 1.80 bits per heavy atom. The van der Waals surface area contributed by atoms with Gasteiger partial charge in [0.1, 0.15) is 0 Å². The minimum atomic E-state index is -0.443. The van der Waals surface area contributed by atoms with Crippen LogP contribution >= 0.6 is 0 Å². The summed E-state index contributed by atoms with van der Waals surface area (Å²) in [5.41, 5.74) is 2.66. The molecule has 0 saturated carbocycles. The van der Waals surface area contributed by atoms with Gasteiger partial charge in [0.2, 0.25) is 5.88 Å². The topological polar surface area (TPSA) is 50.5 Å². The van der Waals surface area contributed by atoms with Crippen molar-refractivity contribution in [1.29, 1.82) is 0 Å². The molecule has 0 aliphatic heterocycles. The minimum absolute atomic E-state index is 0.163. The fourth-order valence-electron chi connectivity index (χ4n) is 3.55. The van der Waals surface area contributed by atoms with Crippen LogP contribution in [0.5, 0.6) is 11.6 Å². The molecule has 3 rings (SSSR count). The number of halogens is 1. The van der Waals surface area contributed by atoms with Gasteiger partial charge in [0.15, 0.2) is 11.6 Å². The average Bonchev–Trinajstić information content (AvgIpc) is 3.07. The summed E-state index contributed by atoms with van der Waals surface area (Å²) in [6, 6.07) is 16.1. The van der Waals surface area contributed by atoms with Crippen molar-refractivity contribution in [2.45, 2.75) is 46.3 Å². The summed E-state index contributed by atoms with van der Waals surface area (Å²) in [4.78, 5) is 2.18. The van der Waals surface area contributed by atoms with Crippen LogP contribution in [0.1, 0.15) is 38.4 Å². The van der Waals surface area contributed by atoms with Crippen LogP contribution in [-0.4, -0.2) is 39.0 Å². The highest BCUT2D eigenvalue weighted by molar-refractivity contribution is 5.44. The van der Waals surface area contributed by atoms with Crippen molar-refractivity contribution in [2.24, 2.45) is 0 Å². The van der Waals surface area contributed by atoms with E-state index in [1.807, 2.05) is 37.3 Å². The Labute approximate surface area is 177 Å². The van der Waals surface area contributed by atoms with Gasteiger partial charge in [-0.1, -0.05) is 44.2 Å². The molecular formula is C24H30FN3O2. The molecule has 2 aromatic carbocycles. The first-order chi connectivity index (χ1) is 14.5. The third-order valence-electron chi connectivity index (χ3n) is 4.84. The molecule has 0 fully saturated rings. The number of aliphatic hydroxyl groups excluding tert-OH is 1. The molecule has 1 atom stereocenters. The molecule has 160 valence electrons. The van der Waals surface area contributed by atoms with Gasteiger partial charge >= 0.3 is 0 Å². The first-order valence-corrected chi connectivity index (χ1v) is 10.5. The van der Waals surface area contributed by atoms with Gasteiger partial charge in [-0.3, -0.25) is 4.90 Å². The van der Waals surface area contributed by atoms with Crippen molar-refractivity contribution >= 4 is 0 Å². The largest absolute Gasteiger partial charge is 0.435 e. The average molecular weight is 412 g/mol. The van der Waals surface area contributed by atoms with Crippen LogP contribution in [-0.2, 0) is 13.0 Å². The molecule has 1 unspecified atom stereocenters. The molecule has 3 aromatic rings. The number of hydrogen-bond donors (Lipinski definition) is 1. The summed E-state index contributed by atoms with van der Waals surface area (Å²) < 4.78 is 22.3. The fraction of sp³-hybridized carbons (Fsp3) is 0.375. The Morgan fingerprint density at radius 1 is 1.10 bits per heavy atom. The van der Waals surface area contributed by atoms with E-state index >= 15 is 0 Å². The minimum Gasteiger partial charge on any atom is -0.435 e. The monoisotopic (exact) mass is 411 g/mol. The number of nitrogens with zero attached hydrogens (tertiary/aromatic N) is 3. The van der Waals surface area contributed by atoms with E-state index < -0.39 is 11.9 Å². The third kappa shape index (κ3) is 5.26. The Balaban J connectivity index is 2.09. The van der Waals surface area contributed by atoms with Crippen LogP contribution < -0.4 is 4.74 Å². The van der Waals surface area contributed by atoms with E-state index in [-0.39, 0.29) is 5.75 Å². The molecule has 6 heteroatoms. The highest BCUT2D eigenvalue weighted by atomic mass is 19.1. The summed E-state index contributed by atoms with van der Waals surface area (Å²) in [6.45, 7) is 7.90. The first kappa shape index (κ1) is 22.0. The SMILES string of the molecule is CCCN(Cc1c(CC)nn(-c2ccccc2)c1Oc1ccccc1F)CC(C)O. The van der Waals surface area contributed by atoms with Gasteiger partial charge in [0.25, 0.3) is 0 Å². The van der Waals surface area contributed by atoms with Crippen LogP contribution in [0.15, 0.2) is 54.6 Å². The molecule has 0 radical (unpaired) electrons. The second-order valence-electron chi connectivity index (χ2n) is 7.45. The van der Waals surface area contributed by atoms with Crippen molar-refractivity contribution < 1.29 is 14.2 Å². The smallest absolute Gasteiger partial charge is 0.227 e. The molecule has 0 amide bonds. The number of aromatic nitrogens is 2. The van der Waals surface area contributed by atoms with E-state index in [0.29, 0.717) is 19.0 Å². The van der Waals surface area contributed by atoms with Crippen LogP contribution in [0.4, 0.5) is 4.39 Å². The number of hydrogen-bond acceptors (Lipinski definition) is 4. The fourth-order valence-corrected chi connectivity index (χ4v) is 3.55. The second kappa shape index (κ2) is 10.4. The highest BCUT2D eigenvalue weighted by Gasteiger charge is 2.23. The summed E-state index contributed by atoms with van der Waals surface area (Å²) in [5.74, 6) is 0.252. The zero-order chi connectivity index (χ0) is 21.5. The molecule has 1 N–H and O–H groups in total. The zero-order valence-electron chi connectivity index (χ0n) is 17.9. The molecule has 5 nitrogen and oxygen atoms in total. The highest BCUT2D eigenvalue weighted by Crippen LogP contribution is 2.33. The molecule has 0 bridgehead atoms. The summed E-state index contributed by atoms with van der Waals surface area (Å²) in [6.07, 6.45) is 1.24. The van der Waals surface area contributed by atoms with E-state index in [4.69, 9.17) is 9.84 Å². The van der Waals surface area contributed by atoms with Crippen LogP contribution in [0.2, 0.25) is 0 Å². The van der Waals surface area contributed by atoms with Crippen LogP contribution in [0.3, 0.4) is 0 Å².